The predicted octanol–water partition coefficient (Wildman–Crippen LogP) is 3.29. The Bertz CT molecular complexity index is 1560. The molecule has 0 aliphatic heterocycles. The Kier molecular flexibility index (Phi) is 7.77. The zero-order valence-corrected chi connectivity index (χ0v) is 20.5. The van der Waals surface area contributed by atoms with Gasteiger partial charge < -0.3 is 9.84 Å². The number of hydrogen-bond donors (Lipinski definition) is 2. The fourth-order valence-electron chi connectivity index (χ4n) is 3.61. The highest BCUT2D eigenvalue weighted by molar-refractivity contribution is 5.66. The summed E-state index contributed by atoms with van der Waals surface area (Å²) >= 11 is 0. The number of benzene rings is 2. The molecule has 0 aliphatic carbocycles. The fourth-order valence-corrected chi connectivity index (χ4v) is 3.61. The van der Waals surface area contributed by atoms with Gasteiger partial charge >= 0.3 is 17.3 Å². The Morgan fingerprint density at radius 2 is 1.68 bits per heavy atom. The first kappa shape index (κ1) is 25.4. The van der Waals surface area contributed by atoms with E-state index in [0.717, 1.165) is 21.4 Å². The zero-order valence-electron chi connectivity index (χ0n) is 20.5. The molecule has 10 heteroatoms. The quantitative estimate of drug-likeness (QED) is 0.362. The lowest BCUT2D eigenvalue weighted by molar-refractivity contribution is -0.137. The number of hydrogen-bond acceptors (Lipinski definition) is 6. The van der Waals surface area contributed by atoms with E-state index in [2.05, 4.69) is 15.0 Å². The van der Waals surface area contributed by atoms with Gasteiger partial charge in [0.25, 0.3) is 0 Å². The van der Waals surface area contributed by atoms with Crippen LogP contribution in [0.2, 0.25) is 0 Å². The number of aliphatic carboxylic acids is 1. The van der Waals surface area contributed by atoms with E-state index in [1.807, 2.05) is 50.2 Å². The molecule has 4 rings (SSSR count). The van der Waals surface area contributed by atoms with Crippen molar-refractivity contribution in [1.29, 1.82) is 0 Å². The first-order valence-corrected chi connectivity index (χ1v) is 11.7. The summed E-state index contributed by atoms with van der Waals surface area (Å²) in [7, 11) is 0. The highest BCUT2D eigenvalue weighted by Crippen LogP contribution is 2.23. The number of ether oxygens (including phenoxy) is 1. The van der Waals surface area contributed by atoms with Crippen LogP contribution in [-0.2, 0) is 17.9 Å². The van der Waals surface area contributed by atoms with E-state index >= 15 is 0 Å². The third-order valence-corrected chi connectivity index (χ3v) is 5.61. The minimum Gasteiger partial charge on any atom is -0.481 e. The zero-order chi connectivity index (χ0) is 26.4. The number of aryl methyl sites for hydroxylation is 2. The van der Waals surface area contributed by atoms with Crippen molar-refractivity contribution < 1.29 is 14.6 Å². The summed E-state index contributed by atoms with van der Waals surface area (Å²) in [5.41, 5.74) is 2.19. The standard InChI is InChI=1S/C27H27N5O5/c1-18-5-8-20(9-6-18)17-32-25(30-26(35)31(27(32)36)15-3-4-24(33)34)29-21-10-13-22(14-11-21)37-23-12-7-19(2)28-16-23/h5-14,16H,3-4,15,17H2,1-2H3,(H,33,34)(H,29,30,35). The molecular formula is C27H27N5O5. The molecule has 10 nitrogen and oxygen atoms in total. The average molecular weight is 502 g/mol. The molecule has 0 amide bonds. The molecule has 0 spiro atoms. The van der Waals surface area contributed by atoms with Gasteiger partial charge in [0.15, 0.2) is 0 Å². The molecule has 0 fully saturated rings. The van der Waals surface area contributed by atoms with Gasteiger partial charge in [-0.1, -0.05) is 29.8 Å². The maximum absolute atomic E-state index is 13.3. The van der Waals surface area contributed by atoms with Gasteiger partial charge in [0.05, 0.1) is 18.4 Å². The van der Waals surface area contributed by atoms with Crippen molar-refractivity contribution in [1.82, 2.24) is 19.1 Å². The van der Waals surface area contributed by atoms with Crippen molar-refractivity contribution in [2.24, 2.45) is 4.99 Å². The van der Waals surface area contributed by atoms with Crippen LogP contribution in [0.1, 0.15) is 29.7 Å². The molecule has 0 saturated heterocycles. The second-order valence-corrected chi connectivity index (χ2v) is 8.60. The highest BCUT2D eigenvalue weighted by Gasteiger charge is 2.11. The number of H-pyrrole nitrogens is 1. The SMILES string of the molecule is Cc1ccc(Cn2c(=O)n(CCCC(=O)O)c(=O)[nH]/c2=N\c2ccc(Oc3ccc(C)nc3)cc2)cc1. The van der Waals surface area contributed by atoms with Gasteiger partial charge in [0.2, 0.25) is 5.62 Å². The molecule has 4 aromatic rings. The molecule has 2 aromatic heterocycles. The summed E-state index contributed by atoms with van der Waals surface area (Å²) in [5, 5.41) is 8.92. The maximum atomic E-state index is 13.3. The van der Waals surface area contributed by atoms with Crippen LogP contribution in [0.3, 0.4) is 0 Å². The van der Waals surface area contributed by atoms with Crippen LogP contribution < -0.4 is 21.7 Å². The molecule has 2 aromatic carbocycles. The third kappa shape index (κ3) is 6.69. The largest absolute Gasteiger partial charge is 0.481 e. The Hall–Kier alpha value is -4.73. The smallest absolute Gasteiger partial charge is 0.335 e. The summed E-state index contributed by atoms with van der Waals surface area (Å²) in [6, 6.07) is 18.2. The molecule has 0 radical (unpaired) electrons. The average Bonchev–Trinajstić information content (AvgIpc) is 2.87. The Labute approximate surface area is 212 Å². The van der Waals surface area contributed by atoms with E-state index in [9.17, 15) is 14.4 Å². The normalized spacial score (nSPS) is 11.5. The molecular weight excluding hydrogens is 474 g/mol. The third-order valence-electron chi connectivity index (χ3n) is 5.61. The van der Waals surface area contributed by atoms with Crippen LogP contribution in [0.25, 0.3) is 0 Å². The molecule has 2 heterocycles. The summed E-state index contributed by atoms with van der Waals surface area (Å²) in [4.78, 5) is 48.3. The molecule has 0 bridgehead atoms. The monoisotopic (exact) mass is 501 g/mol. The number of nitrogens with one attached hydrogen (secondary N) is 1. The lowest BCUT2D eigenvalue weighted by atomic mass is 10.1. The van der Waals surface area contributed by atoms with E-state index < -0.39 is 17.3 Å². The van der Waals surface area contributed by atoms with E-state index in [-0.39, 0.29) is 31.5 Å². The minimum atomic E-state index is -0.991. The number of rotatable bonds is 9. The molecule has 0 saturated carbocycles. The second-order valence-electron chi connectivity index (χ2n) is 8.60. The lowest BCUT2D eigenvalue weighted by Gasteiger charge is -2.11. The summed E-state index contributed by atoms with van der Waals surface area (Å²) in [6.07, 6.45) is 1.64. The fraction of sp³-hybridized carbons (Fsp3) is 0.222. The Morgan fingerprint density at radius 3 is 2.32 bits per heavy atom. The second kappa shape index (κ2) is 11.3. The van der Waals surface area contributed by atoms with Crippen molar-refractivity contribution in [3.63, 3.8) is 0 Å². The maximum Gasteiger partial charge on any atom is 0.335 e. The van der Waals surface area contributed by atoms with E-state index in [1.54, 1.807) is 30.5 Å². The number of carbonyl (C=O) groups is 1. The number of aromatic amines is 1. The number of aromatic nitrogens is 4. The number of pyridine rings is 1. The van der Waals surface area contributed by atoms with Gasteiger partial charge in [-0.05, 0) is 62.2 Å². The van der Waals surface area contributed by atoms with Gasteiger partial charge in [-0.15, -0.1) is 0 Å². The van der Waals surface area contributed by atoms with Crippen molar-refractivity contribution in [2.45, 2.75) is 39.8 Å². The summed E-state index contributed by atoms with van der Waals surface area (Å²) in [6.45, 7) is 4.02. The molecule has 0 unspecified atom stereocenters. The van der Waals surface area contributed by atoms with Gasteiger partial charge in [-0.3, -0.25) is 19.3 Å². The van der Waals surface area contributed by atoms with Crippen molar-refractivity contribution in [3.05, 3.63) is 110 Å². The molecule has 0 aliphatic rings. The van der Waals surface area contributed by atoms with Crippen LogP contribution in [-0.4, -0.2) is 30.2 Å². The predicted molar refractivity (Wildman–Crippen MR) is 137 cm³/mol. The van der Waals surface area contributed by atoms with Crippen LogP contribution in [0, 0.1) is 13.8 Å². The highest BCUT2D eigenvalue weighted by atomic mass is 16.5. The first-order chi connectivity index (χ1) is 17.8. The molecule has 0 atom stereocenters. The van der Waals surface area contributed by atoms with Crippen molar-refractivity contribution in [2.75, 3.05) is 0 Å². The van der Waals surface area contributed by atoms with E-state index in [4.69, 9.17) is 9.84 Å². The number of nitrogens with zero attached hydrogens (tertiary/aromatic N) is 4. The molecule has 190 valence electrons. The van der Waals surface area contributed by atoms with Crippen LogP contribution in [0.15, 0.2) is 81.4 Å². The van der Waals surface area contributed by atoms with Crippen molar-refractivity contribution >= 4 is 11.7 Å². The van der Waals surface area contributed by atoms with Crippen LogP contribution >= 0.6 is 0 Å². The molecule has 37 heavy (non-hydrogen) atoms. The number of carboxylic acids is 1. The molecule has 2 N–H and O–H groups in total. The van der Waals surface area contributed by atoms with Crippen molar-refractivity contribution in [3.8, 4) is 11.5 Å². The van der Waals surface area contributed by atoms with Crippen LogP contribution in [0.5, 0.6) is 11.5 Å². The van der Waals surface area contributed by atoms with Gasteiger partial charge in [-0.2, -0.15) is 0 Å². The van der Waals surface area contributed by atoms with E-state index in [0.29, 0.717) is 17.2 Å². The van der Waals surface area contributed by atoms with Crippen LogP contribution in [0.4, 0.5) is 5.69 Å². The lowest BCUT2D eigenvalue weighted by Crippen LogP contribution is -2.50. The Balaban J connectivity index is 1.69. The summed E-state index contributed by atoms with van der Waals surface area (Å²) in [5.74, 6) is 0.191. The van der Waals surface area contributed by atoms with Gasteiger partial charge in [0.1, 0.15) is 11.5 Å². The first-order valence-electron chi connectivity index (χ1n) is 11.7. The van der Waals surface area contributed by atoms with Gasteiger partial charge in [0, 0.05) is 18.7 Å². The van der Waals surface area contributed by atoms with Gasteiger partial charge in [-0.25, -0.2) is 19.1 Å². The number of carboxylic acid groups (broad SMARTS) is 1. The topological polar surface area (TPSA) is 132 Å². The Morgan fingerprint density at radius 1 is 0.973 bits per heavy atom. The summed E-state index contributed by atoms with van der Waals surface area (Å²) < 4.78 is 8.17. The van der Waals surface area contributed by atoms with E-state index in [1.165, 1.54) is 4.57 Å². The minimum absolute atomic E-state index is 0.0193.